The summed E-state index contributed by atoms with van der Waals surface area (Å²) in [5.74, 6) is 0.620. The van der Waals surface area contributed by atoms with Crippen molar-refractivity contribution in [3.63, 3.8) is 0 Å². The van der Waals surface area contributed by atoms with Gasteiger partial charge in [-0.1, -0.05) is 53.0 Å². The number of benzene rings is 2. The van der Waals surface area contributed by atoms with Gasteiger partial charge in [-0.25, -0.2) is 0 Å². The Balaban J connectivity index is 1.63. The van der Waals surface area contributed by atoms with Gasteiger partial charge in [0, 0.05) is 22.3 Å². The van der Waals surface area contributed by atoms with Crippen LogP contribution in [-0.2, 0) is 6.54 Å². The van der Waals surface area contributed by atoms with Gasteiger partial charge in [-0.15, -0.1) is 0 Å². The normalized spacial score (nSPS) is 10.5. The Morgan fingerprint density at radius 1 is 1.00 bits per heavy atom. The molecule has 3 rings (SSSR count). The summed E-state index contributed by atoms with van der Waals surface area (Å²) < 4.78 is 1.76. The molecule has 4 nitrogen and oxygen atoms in total. The van der Waals surface area contributed by atoms with E-state index in [-0.39, 0.29) is 0 Å². The number of anilines is 2. The summed E-state index contributed by atoms with van der Waals surface area (Å²) >= 11 is 23.5. The van der Waals surface area contributed by atoms with Gasteiger partial charge in [0.2, 0.25) is 0 Å². The molecule has 0 spiro atoms. The second-order valence-electron chi connectivity index (χ2n) is 5.19. The number of hydrogen-bond acceptors (Lipinski definition) is 2. The van der Waals surface area contributed by atoms with Crippen LogP contribution >= 0.6 is 47.0 Å². The summed E-state index contributed by atoms with van der Waals surface area (Å²) in [4.78, 5) is 0. The molecule has 0 radical (unpaired) electrons. The first-order valence-corrected chi connectivity index (χ1v) is 8.85. The minimum absolute atomic E-state index is 0.405. The van der Waals surface area contributed by atoms with E-state index in [0.717, 1.165) is 11.3 Å². The average Bonchev–Trinajstić information content (AvgIpc) is 2.99. The van der Waals surface area contributed by atoms with Gasteiger partial charge >= 0.3 is 0 Å². The molecule has 25 heavy (non-hydrogen) atoms. The highest BCUT2D eigenvalue weighted by atomic mass is 35.5. The minimum Gasteiger partial charge on any atom is -0.331 e. The molecule has 0 amide bonds. The summed E-state index contributed by atoms with van der Waals surface area (Å²) in [6.45, 7) is 0.530. The number of rotatable bonds is 4. The van der Waals surface area contributed by atoms with Crippen LogP contribution in [0.4, 0.5) is 11.5 Å². The van der Waals surface area contributed by atoms with Crippen molar-refractivity contribution in [2.45, 2.75) is 6.54 Å². The zero-order valence-electron chi connectivity index (χ0n) is 12.8. The maximum Gasteiger partial charge on any atom is 0.176 e. The van der Waals surface area contributed by atoms with Crippen LogP contribution in [0.25, 0.3) is 0 Å². The Morgan fingerprint density at radius 3 is 2.56 bits per heavy atom. The number of hydrogen-bond donors (Lipinski definition) is 2. The van der Waals surface area contributed by atoms with Gasteiger partial charge in [-0.3, -0.25) is 4.68 Å². The zero-order valence-corrected chi connectivity index (χ0v) is 15.9. The van der Waals surface area contributed by atoms with Crippen molar-refractivity contribution >= 4 is 63.6 Å². The predicted octanol–water partition coefficient (Wildman–Crippen LogP) is 5.70. The molecule has 0 aliphatic rings. The van der Waals surface area contributed by atoms with Gasteiger partial charge < -0.3 is 10.6 Å². The van der Waals surface area contributed by atoms with Crippen molar-refractivity contribution in [1.82, 2.24) is 9.78 Å². The smallest absolute Gasteiger partial charge is 0.176 e. The lowest BCUT2D eigenvalue weighted by Gasteiger charge is -2.10. The van der Waals surface area contributed by atoms with Gasteiger partial charge in [0.15, 0.2) is 10.9 Å². The average molecular weight is 412 g/mol. The maximum absolute atomic E-state index is 6.19. The van der Waals surface area contributed by atoms with Crippen molar-refractivity contribution in [3.8, 4) is 0 Å². The zero-order chi connectivity index (χ0) is 17.8. The molecule has 2 aromatic carbocycles. The Bertz CT molecular complexity index is 910. The van der Waals surface area contributed by atoms with E-state index in [9.17, 15) is 0 Å². The lowest BCUT2D eigenvalue weighted by atomic mass is 10.2. The standard InChI is InChI=1S/C17H13Cl3N4S/c18-12-6-5-11(14(20)9-12)10-24-8-7-16(23-24)22-17(25)21-15-4-2-1-3-13(15)19/h1-9H,10H2,(H2,21,22,23,25). The Kier molecular flexibility index (Phi) is 5.81. The molecule has 128 valence electrons. The first-order valence-electron chi connectivity index (χ1n) is 7.31. The Labute approximate surface area is 165 Å². The van der Waals surface area contributed by atoms with E-state index in [0.29, 0.717) is 32.5 Å². The maximum atomic E-state index is 6.19. The molecule has 0 aliphatic heterocycles. The number of para-hydroxylation sites is 1. The summed E-state index contributed by atoms with van der Waals surface area (Å²) in [6.07, 6.45) is 1.84. The molecule has 1 heterocycles. The topological polar surface area (TPSA) is 41.9 Å². The highest BCUT2D eigenvalue weighted by Gasteiger charge is 2.07. The highest BCUT2D eigenvalue weighted by Crippen LogP contribution is 2.22. The number of halogens is 3. The van der Waals surface area contributed by atoms with Crippen molar-refractivity contribution in [2.24, 2.45) is 0 Å². The van der Waals surface area contributed by atoms with Gasteiger partial charge in [0.25, 0.3) is 0 Å². The molecular formula is C17H13Cl3N4S. The highest BCUT2D eigenvalue weighted by molar-refractivity contribution is 7.80. The molecule has 8 heteroatoms. The fourth-order valence-electron chi connectivity index (χ4n) is 2.17. The number of nitrogens with zero attached hydrogens (tertiary/aromatic N) is 2. The monoisotopic (exact) mass is 410 g/mol. The molecule has 0 atom stereocenters. The molecule has 0 aliphatic carbocycles. The Morgan fingerprint density at radius 2 is 1.80 bits per heavy atom. The molecule has 0 saturated heterocycles. The number of thiocarbonyl (C=S) groups is 1. The summed E-state index contributed by atoms with van der Waals surface area (Å²) in [5.41, 5.74) is 1.66. The van der Waals surface area contributed by atoms with Crippen LogP contribution in [0.3, 0.4) is 0 Å². The molecule has 1 aromatic heterocycles. The largest absolute Gasteiger partial charge is 0.331 e. The van der Waals surface area contributed by atoms with E-state index < -0.39 is 0 Å². The molecule has 2 N–H and O–H groups in total. The van der Waals surface area contributed by atoms with Crippen molar-refractivity contribution in [1.29, 1.82) is 0 Å². The van der Waals surface area contributed by atoms with Gasteiger partial charge in [-0.05, 0) is 42.0 Å². The van der Waals surface area contributed by atoms with Crippen LogP contribution in [0.1, 0.15) is 5.56 Å². The predicted molar refractivity (Wildman–Crippen MR) is 109 cm³/mol. The molecule has 3 aromatic rings. The first kappa shape index (κ1) is 18.0. The van der Waals surface area contributed by atoms with E-state index >= 15 is 0 Å². The van der Waals surface area contributed by atoms with Crippen LogP contribution in [-0.4, -0.2) is 14.9 Å². The van der Waals surface area contributed by atoms with E-state index in [1.165, 1.54) is 0 Å². The van der Waals surface area contributed by atoms with Crippen LogP contribution in [0.5, 0.6) is 0 Å². The van der Waals surface area contributed by atoms with E-state index in [4.69, 9.17) is 47.0 Å². The van der Waals surface area contributed by atoms with Crippen molar-refractivity contribution in [3.05, 3.63) is 75.4 Å². The second-order valence-corrected chi connectivity index (χ2v) is 6.85. The number of aromatic nitrogens is 2. The molecule has 0 fully saturated rings. The van der Waals surface area contributed by atoms with E-state index in [1.807, 2.05) is 36.5 Å². The quantitative estimate of drug-likeness (QED) is 0.540. The number of nitrogens with one attached hydrogen (secondary N) is 2. The Hall–Kier alpha value is -1.79. The van der Waals surface area contributed by atoms with Crippen molar-refractivity contribution in [2.75, 3.05) is 10.6 Å². The summed E-state index contributed by atoms with van der Waals surface area (Å²) in [6, 6.07) is 14.6. The van der Waals surface area contributed by atoms with Crippen molar-refractivity contribution < 1.29 is 0 Å². The molecule has 0 unspecified atom stereocenters. The van der Waals surface area contributed by atoms with Crippen LogP contribution in [0.15, 0.2) is 54.7 Å². The van der Waals surface area contributed by atoms with Crippen LogP contribution in [0, 0.1) is 0 Å². The lowest BCUT2D eigenvalue weighted by Crippen LogP contribution is -2.19. The van der Waals surface area contributed by atoms with Gasteiger partial charge in [-0.2, -0.15) is 5.10 Å². The van der Waals surface area contributed by atoms with Crippen LogP contribution < -0.4 is 10.6 Å². The van der Waals surface area contributed by atoms with Gasteiger partial charge in [0.05, 0.1) is 17.3 Å². The van der Waals surface area contributed by atoms with Gasteiger partial charge in [0.1, 0.15) is 0 Å². The second kappa shape index (κ2) is 8.06. The summed E-state index contributed by atoms with van der Waals surface area (Å²) in [5, 5.41) is 12.7. The molecular weight excluding hydrogens is 399 g/mol. The molecule has 0 saturated carbocycles. The lowest BCUT2D eigenvalue weighted by molar-refractivity contribution is 0.690. The molecule has 0 bridgehead atoms. The van der Waals surface area contributed by atoms with E-state index in [1.54, 1.807) is 22.9 Å². The first-order chi connectivity index (χ1) is 12.0. The van der Waals surface area contributed by atoms with E-state index in [2.05, 4.69) is 15.7 Å². The third-order valence-corrected chi connectivity index (χ3v) is 4.47. The third-order valence-electron chi connectivity index (χ3n) is 3.35. The summed E-state index contributed by atoms with van der Waals surface area (Å²) in [7, 11) is 0. The fraction of sp³-hybridized carbons (Fsp3) is 0.0588. The SMILES string of the molecule is S=C(Nc1ccn(Cc2ccc(Cl)cc2Cl)n1)Nc1ccccc1Cl. The minimum atomic E-state index is 0.405. The van der Waals surface area contributed by atoms with Crippen LogP contribution in [0.2, 0.25) is 15.1 Å². The third kappa shape index (κ3) is 4.86. The fourth-order valence-corrected chi connectivity index (χ4v) is 3.04.